The first-order valence-corrected chi connectivity index (χ1v) is 5.94. The number of hydrogen-bond acceptors (Lipinski definition) is 2. The van der Waals surface area contributed by atoms with Crippen molar-refractivity contribution in [3.8, 4) is 0 Å². The van der Waals surface area contributed by atoms with Gasteiger partial charge in [-0.25, -0.2) is 0 Å². The maximum absolute atomic E-state index is 11.5. The molecule has 0 aromatic heterocycles. The first-order valence-electron chi connectivity index (χ1n) is 5.94. The molecular weight excluding hydrogens is 214 g/mol. The molecular formula is C14H21NO2. The minimum Gasteiger partial charge on any atom is -0.375 e. The molecule has 1 N–H and O–H groups in total. The average Bonchev–Trinajstić information content (AvgIpc) is 2.27. The fourth-order valence-corrected chi connectivity index (χ4v) is 1.98. The zero-order chi connectivity index (χ0) is 12.8. The Kier molecular flexibility index (Phi) is 5.16. The normalized spacial score (nSPS) is 12.2. The van der Waals surface area contributed by atoms with Crippen LogP contribution < -0.4 is 5.32 Å². The van der Waals surface area contributed by atoms with Crippen molar-refractivity contribution in [3.63, 3.8) is 0 Å². The topological polar surface area (TPSA) is 38.3 Å². The Morgan fingerprint density at radius 1 is 1.41 bits per heavy atom. The summed E-state index contributed by atoms with van der Waals surface area (Å²) in [5.41, 5.74) is 3.64. The molecule has 1 atom stereocenters. The Morgan fingerprint density at radius 3 is 2.65 bits per heavy atom. The highest BCUT2D eigenvalue weighted by molar-refractivity contribution is 5.77. The third-order valence-corrected chi connectivity index (χ3v) is 2.82. The summed E-state index contributed by atoms with van der Waals surface area (Å²) in [5, 5.41) is 2.98. The van der Waals surface area contributed by atoms with Crippen LogP contribution >= 0.6 is 0 Å². The van der Waals surface area contributed by atoms with Crippen molar-refractivity contribution in [3.05, 3.63) is 34.9 Å². The van der Waals surface area contributed by atoms with Crippen LogP contribution in [0.1, 0.15) is 36.1 Å². The molecule has 0 aliphatic rings. The van der Waals surface area contributed by atoms with Gasteiger partial charge >= 0.3 is 0 Å². The quantitative estimate of drug-likeness (QED) is 0.851. The molecule has 0 aliphatic heterocycles. The van der Waals surface area contributed by atoms with Crippen LogP contribution in [-0.4, -0.2) is 19.6 Å². The zero-order valence-corrected chi connectivity index (χ0v) is 11.0. The lowest BCUT2D eigenvalue weighted by Crippen LogP contribution is -2.31. The molecule has 17 heavy (non-hydrogen) atoms. The van der Waals surface area contributed by atoms with E-state index in [-0.39, 0.29) is 18.6 Å². The lowest BCUT2D eigenvalue weighted by Gasteiger charge is -2.19. The van der Waals surface area contributed by atoms with Crippen LogP contribution in [-0.2, 0) is 9.53 Å². The minimum absolute atomic E-state index is 0.0678. The molecule has 0 radical (unpaired) electrons. The van der Waals surface area contributed by atoms with E-state index >= 15 is 0 Å². The summed E-state index contributed by atoms with van der Waals surface area (Å²) in [5.74, 6) is -0.0701. The summed E-state index contributed by atoms with van der Waals surface area (Å²) in [4.78, 5) is 11.5. The number of carbonyl (C=O) groups excluding carboxylic acids is 1. The second-order valence-corrected chi connectivity index (χ2v) is 4.32. The molecule has 0 bridgehead atoms. The van der Waals surface area contributed by atoms with E-state index in [2.05, 4.69) is 44.3 Å². The second kappa shape index (κ2) is 6.40. The zero-order valence-electron chi connectivity index (χ0n) is 11.0. The van der Waals surface area contributed by atoms with Gasteiger partial charge in [0.25, 0.3) is 0 Å². The Bertz CT molecular complexity index is 388. The van der Waals surface area contributed by atoms with E-state index < -0.39 is 0 Å². The van der Waals surface area contributed by atoms with Crippen LogP contribution in [0.4, 0.5) is 0 Å². The van der Waals surface area contributed by atoms with Gasteiger partial charge in [-0.3, -0.25) is 4.79 Å². The highest BCUT2D eigenvalue weighted by Crippen LogP contribution is 2.21. The van der Waals surface area contributed by atoms with Crippen LogP contribution in [0.3, 0.4) is 0 Å². The van der Waals surface area contributed by atoms with Crippen molar-refractivity contribution in [2.24, 2.45) is 0 Å². The highest BCUT2D eigenvalue weighted by atomic mass is 16.5. The predicted octanol–water partition coefficient (Wildman–Crippen LogP) is 2.52. The van der Waals surface area contributed by atoms with Gasteiger partial charge in [-0.05, 0) is 31.4 Å². The number of methoxy groups -OCH3 is 1. The summed E-state index contributed by atoms with van der Waals surface area (Å²) < 4.78 is 4.82. The number of aryl methyl sites for hydroxylation is 2. The number of carbonyl (C=O) groups is 1. The molecule has 3 nitrogen and oxygen atoms in total. The third kappa shape index (κ3) is 3.86. The molecule has 0 aliphatic carbocycles. The van der Waals surface area contributed by atoms with Crippen LogP contribution in [0.25, 0.3) is 0 Å². The van der Waals surface area contributed by atoms with E-state index in [0.29, 0.717) is 0 Å². The van der Waals surface area contributed by atoms with Gasteiger partial charge in [0.1, 0.15) is 6.61 Å². The van der Waals surface area contributed by atoms with Gasteiger partial charge in [0.2, 0.25) is 5.91 Å². The summed E-state index contributed by atoms with van der Waals surface area (Å²) >= 11 is 0. The van der Waals surface area contributed by atoms with E-state index in [1.165, 1.54) is 23.8 Å². The van der Waals surface area contributed by atoms with E-state index in [9.17, 15) is 4.79 Å². The smallest absolute Gasteiger partial charge is 0.246 e. The van der Waals surface area contributed by atoms with Gasteiger partial charge in [-0.1, -0.05) is 30.7 Å². The van der Waals surface area contributed by atoms with E-state index in [1.54, 1.807) is 0 Å². The summed E-state index contributed by atoms with van der Waals surface area (Å²) in [6.45, 7) is 6.33. The van der Waals surface area contributed by atoms with Crippen molar-refractivity contribution in [2.45, 2.75) is 33.2 Å². The Hall–Kier alpha value is -1.35. The molecule has 1 amide bonds. The monoisotopic (exact) mass is 235 g/mol. The number of nitrogens with one attached hydrogen (secondary N) is 1. The van der Waals surface area contributed by atoms with Crippen LogP contribution in [0.2, 0.25) is 0 Å². The largest absolute Gasteiger partial charge is 0.375 e. The van der Waals surface area contributed by atoms with E-state index in [0.717, 1.165) is 6.42 Å². The van der Waals surface area contributed by atoms with Crippen molar-refractivity contribution in [2.75, 3.05) is 13.7 Å². The maximum Gasteiger partial charge on any atom is 0.246 e. The summed E-state index contributed by atoms with van der Waals surface area (Å²) in [7, 11) is 1.53. The molecule has 1 aromatic rings. The molecule has 1 aromatic carbocycles. The minimum atomic E-state index is -0.0701. The van der Waals surface area contributed by atoms with Gasteiger partial charge in [0.05, 0.1) is 6.04 Å². The highest BCUT2D eigenvalue weighted by Gasteiger charge is 2.14. The molecule has 0 heterocycles. The maximum atomic E-state index is 11.5. The first kappa shape index (κ1) is 13.7. The molecule has 0 saturated heterocycles. The number of ether oxygens (including phenoxy) is 1. The van der Waals surface area contributed by atoms with Gasteiger partial charge in [-0.2, -0.15) is 0 Å². The van der Waals surface area contributed by atoms with Gasteiger partial charge in [0, 0.05) is 7.11 Å². The molecule has 0 unspecified atom stereocenters. The lowest BCUT2D eigenvalue weighted by molar-refractivity contribution is -0.125. The van der Waals surface area contributed by atoms with Gasteiger partial charge in [0.15, 0.2) is 0 Å². The lowest BCUT2D eigenvalue weighted by atomic mass is 9.97. The van der Waals surface area contributed by atoms with Crippen molar-refractivity contribution in [1.29, 1.82) is 0 Å². The average molecular weight is 235 g/mol. The number of rotatable bonds is 5. The molecule has 0 fully saturated rings. The number of hydrogen-bond donors (Lipinski definition) is 1. The Morgan fingerprint density at radius 2 is 2.12 bits per heavy atom. The molecule has 0 spiro atoms. The van der Waals surface area contributed by atoms with Crippen molar-refractivity contribution < 1.29 is 9.53 Å². The van der Waals surface area contributed by atoms with Crippen LogP contribution in [0.5, 0.6) is 0 Å². The molecule has 3 heteroatoms. The summed E-state index contributed by atoms with van der Waals surface area (Å²) in [6.07, 6.45) is 0.874. The fourth-order valence-electron chi connectivity index (χ4n) is 1.98. The SMILES string of the molecule is CC[C@@H](NC(=O)COC)c1ccc(C)cc1C. The van der Waals surface area contributed by atoms with E-state index in [1.807, 2.05) is 0 Å². The predicted molar refractivity (Wildman–Crippen MR) is 69.0 cm³/mol. The van der Waals surface area contributed by atoms with Gasteiger partial charge < -0.3 is 10.1 Å². The Balaban J connectivity index is 2.82. The van der Waals surface area contributed by atoms with Crippen molar-refractivity contribution in [1.82, 2.24) is 5.32 Å². The second-order valence-electron chi connectivity index (χ2n) is 4.32. The Labute approximate surface area is 103 Å². The molecule has 0 saturated carbocycles. The van der Waals surface area contributed by atoms with Crippen LogP contribution in [0.15, 0.2) is 18.2 Å². The number of benzene rings is 1. The van der Waals surface area contributed by atoms with E-state index in [4.69, 9.17) is 4.74 Å². The molecule has 94 valence electrons. The third-order valence-electron chi connectivity index (χ3n) is 2.82. The van der Waals surface area contributed by atoms with Crippen molar-refractivity contribution >= 4 is 5.91 Å². The van der Waals surface area contributed by atoms with Gasteiger partial charge in [-0.15, -0.1) is 0 Å². The summed E-state index contributed by atoms with van der Waals surface area (Å²) in [6, 6.07) is 6.37. The standard InChI is InChI=1S/C14H21NO2/c1-5-13(15-14(16)9-17-4)12-7-6-10(2)8-11(12)3/h6-8,13H,5,9H2,1-4H3,(H,15,16)/t13-/m1/s1. The first-order chi connectivity index (χ1) is 8.08. The number of amides is 1. The molecule has 1 rings (SSSR count). The van der Waals surface area contributed by atoms with Crippen LogP contribution in [0, 0.1) is 13.8 Å². The fraction of sp³-hybridized carbons (Fsp3) is 0.500.